The summed E-state index contributed by atoms with van der Waals surface area (Å²) < 4.78 is 73.9. The molecule has 1 aliphatic rings. The number of benzene rings is 1. The zero-order chi connectivity index (χ0) is 18.9. The molecule has 0 bridgehead atoms. The number of hydrogen-bond acceptors (Lipinski definition) is 6. The van der Waals surface area contributed by atoms with Crippen molar-refractivity contribution in [2.45, 2.75) is 9.92 Å². The molecule has 0 spiro atoms. The summed E-state index contributed by atoms with van der Waals surface area (Å²) >= 11 is 0. The molecule has 1 saturated heterocycles. The summed E-state index contributed by atoms with van der Waals surface area (Å²) in [5.74, 6) is -0.961. The molecule has 26 heavy (non-hydrogen) atoms. The molecular weight excluding hydrogens is 387 g/mol. The quantitative estimate of drug-likeness (QED) is 0.771. The van der Waals surface area contributed by atoms with E-state index in [2.05, 4.69) is 9.71 Å². The zero-order valence-corrected chi connectivity index (χ0v) is 15.4. The van der Waals surface area contributed by atoms with E-state index in [1.807, 2.05) is 0 Å². The third-order valence-corrected chi connectivity index (χ3v) is 6.91. The number of nitrogens with one attached hydrogen (secondary N) is 1. The molecular formula is C14H17FN4O5S2. The Morgan fingerprint density at radius 3 is 2.50 bits per heavy atom. The van der Waals surface area contributed by atoms with Gasteiger partial charge in [-0.05, 0) is 18.2 Å². The molecule has 0 saturated carbocycles. The third kappa shape index (κ3) is 3.72. The van der Waals surface area contributed by atoms with Crippen LogP contribution in [0, 0.1) is 5.82 Å². The van der Waals surface area contributed by atoms with Crippen LogP contribution in [0.15, 0.2) is 40.6 Å². The van der Waals surface area contributed by atoms with Crippen LogP contribution in [0.1, 0.15) is 0 Å². The van der Waals surface area contributed by atoms with Gasteiger partial charge in [0.1, 0.15) is 10.7 Å². The predicted molar refractivity (Wildman–Crippen MR) is 90.0 cm³/mol. The van der Waals surface area contributed by atoms with Crippen LogP contribution >= 0.6 is 0 Å². The van der Waals surface area contributed by atoms with E-state index < -0.39 is 30.8 Å². The van der Waals surface area contributed by atoms with Crippen molar-refractivity contribution in [2.24, 2.45) is 7.05 Å². The first-order valence-corrected chi connectivity index (χ1v) is 10.5. The van der Waals surface area contributed by atoms with Crippen molar-refractivity contribution < 1.29 is 26.0 Å². The lowest BCUT2D eigenvalue weighted by Crippen LogP contribution is -2.40. The van der Waals surface area contributed by atoms with Crippen LogP contribution in [-0.2, 0) is 31.8 Å². The number of anilines is 1. The first-order valence-electron chi connectivity index (χ1n) is 7.58. The van der Waals surface area contributed by atoms with E-state index >= 15 is 0 Å². The first kappa shape index (κ1) is 18.8. The average Bonchev–Trinajstić information content (AvgIpc) is 3.04. The van der Waals surface area contributed by atoms with Crippen LogP contribution in [0.3, 0.4) is 0 Å². The monoisotopic (exact) mass is 404 g/mol. The van der Waals surface area contributed by atoms with Crippen molar-refractivity contribution in [2.75, 3.05) is 31.0 Å². The number of morpholine rings is 1. The standard InChI is InChI=1S/C14H17FN4O5S2/c1-18-9-14(16-10-18)25(20,21)17-11-2-3-12(15)13(8-11)26(22,23)19-4-6-24-7-5-19/h2-3,8-10,17H,4-7H2,1H3. The molecule has 3 rings (SSSR count). The van der Waals surface area contributed by atoms with Crippen LogP contribution in [-0.4, -0.2) is 57.0 Å². The molecule has 0 atom stereocenters. The SMILES string of the molecule is Cn1cnc(S(=O)(=O)Nc2ccc(F)c(S(=O)(=O)N3CCOCC3)c2)c1. The minimum Gasteiger partial charge on any atom is -0.379 e. The Morgan fingerprint density at radius 2 is 1.88 bits per heavy atom. The lowest BCUT2D eigenvalue weighted by atomic mass is 10.3. The number of halogens is 1. The Balaban J connectivity index is 1.93. The van der Waals surface area contributed by atoms with Gasteiger partial charge in [0, 0.05) is 26.3 Å². The van der Waals surface area contributed by atoms with E-state index in [1.165, 1.54) is 17.1 Å². The molecule has 12 heteroatoms. The Morgan fingerprint density at radius 1 is 1.19 bits per heavy atom. The molecule has 2 heterocycles. The summed E-state index contributed by atoms with van der Waals surface area (Å²) in [6, 6.07) is 3.01. The van der Waals surface area contributed by atoms with Gasteiger partial charge in [0.2, 0.25) is 10.0 Å². The van der Waals surface area contributed by atoms with Crippen molar-refractivity contribution in [1.29, 1.82) is 0 Å². The fourth-order valence-electron chi connectivity index (χ4n) is 2.43. The van der Waals surface area contributed by atoms with Gasteiger partial charge >= 0.3 is 0 Å². The second-order valence-corrected chi connectivity index (χ2v) is 9.18. The van der Waals surface area contributed by atoms with Gasteiger partial charge < -0.3 is 9.30 Å². The Bertz CT molecular complexity index is 1010. The second kappa shape index (κ2) is 6.95. The van der Waals surface area contributed by atoms with Crippen LogP contribution in [0.25, 0.3) is 0 Å². The van der Waals surface area contributed by atoms with Crippen LogP contribution < -0.4 is 4.72 Å². The van der Waals surface area contributed by atoms with Gasteiger partial charge in [-0.2, -0.15) is 12.7 Å². The number of imidazole rings is 1. The van der Waals surface area contributed by atoms with E-state index in [-0.39, 0.29) is 37.0 Å². The molecule has 1 aliphatic heterocycles. The van der Waals surface area contributed by atoms with Gasteiger partial charge in [-0.1, -0.05) is 0 Å². The van der Waals surface area contributed by atoms with Gasteiger partial charge in [-0.3, -0.25) is 4.72 Å². The Hall–Kier alpha value is -2.02. The number of nitrogens with zero attached hydrogens (tertiary/aromatic N) is 3. The molecule has 1 aromatic carbocycles. The van der Waals surface area contributed by atoms with Crippen molar-refractivity contribution in [3.8, 4) is 0 Å². The van der Waals surface area contributed by atoms with Gasteiger partial charge in [-0.15, -0.1) is 0 Å². The number of rotatable bonds is 5. The summed E-state index contributed by atoms with van der Waals surface area (Å²) in [4.78, 5) is 3.15. The van der Waals surface area contributed by atoms with E-state index in [0.717, 1.165) is 22.5 Å². The highest BCUT2D eigenvalue weighted by atomic mass is 32.2. The number of aromatic nitrogens is 2. The van der Waals surface area contributed by atoms with Crippen molar-refractivity contribution in [3.63, 3.8) is 0 Å². The number of sulfonamides is 2. The van der Waals surface area contributed by atoms with E-state index in [4.69, 9.17) is 4.74 Å². The lowest BCUT2D eigenvalue weighted by molar-refractivity contribution is 0.0729. The summed E-state index contributed by atoms with van der Waals surface area (Å²) in [7, 11) is -6.52. The van der Waals surface area contributed by atoms with Crippen molar-refractivity contribution in [1.82, 2.24) is 13.9 Å². The first-order chi connectivity index (χ1) is 12.2. The fourth-order valence-corrected chi connectivity index (χ4v) is 4.96. The number of ether oxygens (including phenoxy) is 1. The molecule has 1 fully saturated rings. The molecule has 142 valence electrons. The smallest absolute Gasteiger partial charge is 0.280 e. The molecule has 0 amide bonds. The van der Waals surface area contributed by atoms with Gasteiger partial charge in [-0.25, -0.2) is 17.8 Å². The fraction of sp³-hybridized carbons (Fsp3) is 0.357. The summed E-state index contributed by atoms with van der Waals surface area (Å²) in [6.07, 6.45) is 2.60. The Labute approximate surface area is 150 Å². The maximum atomic E-state index is 14.1. The summed E-state index contributed by atoms with van der Waals surface area (Å²) in [5.41, 5.74) is -0.0797. The Kier molecular flexibility index (Phi) is 5.01. The van der Waals surface area contributed by atoms with Crippen molar-refractivity contribution >= 4 is 25.7 Å². The zero-order valence-electron chi connectivity index (χ0n) is 13.8. The minimum atomic E-state index is -4.11. The number of hydrogen-bond donors (Lipinski definition) is 1. The van der Waals surface area contributed by atoms with Crippen LogP contribution in [0.5, 0.6) is 0 Å². The van der Waals surface area contributed by atoms with Gasteiger partial charge in [0.05, 0.1) is 25.2 Å². The second-order valence-electron chi connectivity index (χ2n) is 5.64. The van der Waals surface area contributed by atoms with E-state index in [9.17, 15) is 21.2 Å². The van der Waals surface area contributed by atoms with Gasteiger partial charge in [0.25, 0.3) is 10.0 Å². The molecule has 0 aliphatic carbocycles. The molecule has 0 radical (unpaired) electrons. The lowest BCUT2D eigenvalue weighted by Gasteiger charge is -2.26. The highest BCUT2D eigenvalue weighted by molar-refractivity contribution is 7.92. The molecule has 2 aromatic rings. The van der Waals surface area contributed by atoms with Crippen LogP contribution in [0.2, 0.25) is 0 Å². The largest absolute Gasteiger partial charge is 0.379 e. The highest BCUT2D eigenvalue weighted by Gasteiger charge is 2.29. The third-order valence-electron chi connectivity index (χ3n) is 3.73. The maximum Gasteiger partial charge on any atom is 0.280 e. The molecule has 9 nitrogen and oxygen atoms in total. The molecule has 0 unspecified atom stereocenters. The molecule has 1 aromatic heterocycles. The molecule has 1 N–H and O–H groups in total. The number of aryl methyl sites for hydroxylation is 1. The van der Waals surface area contributed by atoms with Crippen LogP contribution in [0.4, 0.5) is 10.1 Å². The van der Waals surface area contributed by atoms with E-state index in [1.54, 1.807) is 7.05 Å². The predicted octanol–water partition coefficient (Wildman–Crippen LogP) is 0.381. The maximum absolute atomic E-state index is 14.1. The minimum absolute atomic E-state index is 0.0797. The summed E-state index contributed by atoms with van der Waals surface area (Å²) in [6.45, 7) is 0.636. The van der Waals surface area contributed by atoms with Crippen molar-refractivity contribution in [3.05, 3.63) is 36.5 Å². The average molecular weight is 404 g/mol. The van der Waals surface area contributed by atoms with E-state index in [0.29, 0.717) is 0 Å². The normalized spacial score (nSPS) is 16.5. The topological polar surface area (TPSA) is 111 Å². The highest BCUT2D eigenvalue weighted by Crippen LogP contribution is 2.25. The van der Waals surface area contributed by atoms with Gasteiger partial charge in [0.15, 0.2) is 5.03 Å². The summed E-state index contributed by atoms with van der Waals surface area (Å²) in [5, 5.41) is -0.234.